The molecular weight excluding hydrogens is 286 g/mol. The fourth-order valence-corrected chi connectivity index (χ4v) is 2.42. The topological polar surface area (TPSA) is 41.5 Å². The molecule has 0 radical (unpaired) electrons. The number of ether oxygens (including phenoxy) is 1. The van der Waals surface area contributed by atoms with E-state index < -0.39 is 0 Å². The number of anilines is 1. The molecule has 0 atom stereocenters. The molecule has 0 aromatic heterocycles. The lowest BCUT2D eigenvalue weighted by molar-refractivity contribution is 0.288. The second kappa shape index (κ2) is 7.91. The predicted octanol–water partition coefficient (Wildman–Crippen LogP) is 3.89. The summed E-state index contributed by atoms with van der Waals surface area (Å²) < 4.78 is 5.14. The molecule has 0 amide bonds. The first kappa shape index (κ1) is 15.7. The Bertz CT molecular complexity index is 587. The van der Waals surface area contributed by atoms with Crippen LogP contribution in [0, 0.1) is 0 Å². The van der Waals surface area contributed by atoms with E-state index in [1.807, 2.05) is 30.3 Å². The van der Waals surface area contributed by atoms with E-state index in [9.17, 15) is 0 Å². The number of halogens is 1. The molecule has 0 heterocycles. The average molecular weight is 306 g/mol. The van der Waals surface area contributed by atoms with Gasteiger partial charge in [-0.1, -0.05) is 29.8 Å². The van der Waals surface area contributed by atoms with Gasteiger partial charge in [-0.2, -0.15) is 0 Å². The van der Waals surface area contributed by atoms with E-state index in [1.165, 1.54) is 5.56 Å². The van der Waals surface area contributed by atoms with Crippen molar-refractivity contribution in [3.05, 3.63) is 58.6 Å². The first-order chi connectivity index (χ1) is 10.2. The van der Waals surface area contributed by atoms with Crippen LogP contribution in [0.25, 0.3) is 0 Å². The molecule has 0 aliphatic rings. The van der Waals surface area contributed by atoms with Gasteiger partial charge < -0.3 is 15.2 Å². The van der Waals surface area contributed by atoms with Gasteiger partial charge in [0.05, 0.1) is 12.1 Å². The number of nitrogens with one attached hydrogen (secondary N) is 1. The lowest BCUT2D eigenvalue weighted by Crippen LogP contribution is -2.00. The molecule has 0 aliphatic heterocycles. The van der Waals surface area contributed by atoms with Crippen LogP contribution in [0.1, 0.15) is 17.5 Å². The van der Waals surface area contributed by atoms with Crippen molar-refractivity contribution < 1.29 is 9.84 Å². The zero-order chi connectivity index (χ0) is 15.1. The Hall–Kier alpha value is -1.71. The van der Waals surface area contributed by atoms with Gasteiger partial charge in [0.2, 0.25) is 0 Å². The Morgan fingerprint density at radius 1 is 1.14 bits per heavy atom. The maximum atomic E-state index is 8.88. The smallest absolute Gasteiger partial charge is 0.137 e. The molecule has 0 saturated heterocycles. The summed E-state index contributed by atoms with van der Waals surface area (Å²) in [4.78, 5) is 0. The Labute approximate surface area is 130 Å². The highest BCUT2D eigenvalue weighted by molar-refractivity contribution is 6.32. The van der Waals surface area contributed by atoms with E-state index >= 15 is 0 Å². The zero-order valence-corrected chi connectivity index (χ0v) is 12.9. The van der Waals surface area contributed by atoms with Gasteiger partial charge in [-0.15, -0.1) is 0 Å². The van der Waals surface area contributed by atoms with Gasteiger partial charge in [0.25, 0.3) is 0 Å². The minimum atomic E-state index is 0.224. The first-order valence-electron chi connectivity index (χ1n) is 6.99. The maximum Gasteiger partial charge on any atom is 0.137 e. The van der Waals surface area contributed by atoms with E-state index in [4.69, 9.17) is 21.4 Å². The number of benzene rings is 2. The van der Waals surface area contributed by atoms with Crippen molar-refractivity contribution in [2.45, 2.75) is 19.4 Å². The van der Waals surface area contributed by atoms with Crippen LogP contribution in [0.3, 0.4) is 0 Å². The number of hydrogen-bond donors (Lipinski definition) is 2. The van der Waals surface area contributed by atoms with Crippen molar-refractivity contribution in [1.29, 1.82) is 0 Å². The highest BCUT2D eigenvalue weighted by Gasteiger charge is 2.02. The second-order valence-electron chi connectivity index (χ2n) is 4.85. The third-order valence-corrected chi connectivity index (χ3v) is 3.56. The van der Waals surface area contributed by atoms with E-state index in [1.54, 1.807) is 7.11 Å². The molecule has 0 aliphatic carbocycles. The van der Waals surface area contributed by atoms with E-state index in [2.05, 4.69) is 17.4 Å². The van der Waals surface area contributed by atoms with Gasteiger partial charge in [-0.3, -0.25) is 0 Å². The zero-order valence-electron chi connectivity index (χ0n) is 12.1. The molecular formula is C17H20ClNO2. The lowest BCUT2D eigenvalue weighted by atomic mass is 10.1. The first-order valence-corrected chi connectivity index (χ1v) is 7.37. The van der Waals surface area contributed by atoms with Crippen LogP contribution >= 0.6 is 11.6 Å². The normalized spacial score (nSPS) is 10.4. The van der Waals surface area contributed by atoms with Gasteiger partial charge in [0, 0.05) is 18.8 Å². The summed E-state index contributed by atoms with van der Waals surface area (Å²) in [7, 11) is 1.61. The van der Waals surface area contributed by atoms with Crippen molar-refractivity contribution in [2.24, 2.45) is 0 Å². The molecule has 4 heteroatoms. The van der Waals surface area contributed by atoms with Gasteiger partial charge in [-0.05, 0) is 48.2 Å². The molecule has 2 rings (SSSR count). The van der Waals surface area contributed by atoms with Crippen LogP contribution in [0.5, 0.6) is 5.75 Å². The monoisotopic (exact) mass is 305 g/mol. The SMILES string of the molecule is COc1ccc(CNc2cccc(CCCO)c2)cc1Cl. The number of rotatable bonds is 7. The molecule has 2 aromatic carbocycles. The van der Waals surface area contributed by atoms with Crippen LogP contribution in [-0.2, 0) is 13.0 Å². The highest BCUT2D eigenvalue weighted by Crippen LogP contribution is 2.25. The van der Waals surface area contributed by atoms with Crippen molar-refractivity contribution in [3.8, 4) is 5.75 Å². The predicted molar refractivity (Wildman–Crippen MR) is 87.2 cm³/mol. The summed E-state index contributed by atoms with van der Waals surface area (Å²) in [5, 5.41) is 12.9. The summed E-state index contributed by atoms with van der Waals surface area (Å²) in [5.74, 6) is 0.686. The third-order valence-electron chi connectivity index (χ3n) is 3.26. The molecule has 0 unspecified atom stereocenters. The number of aliphatic hydroxyl groups is 1. The van der Waals surface area contributed by atoms with Crippen LogP contribution in [0.2, 0.25) is 5.02 Å². The van der Waals surface area contributed by atoms with Crippen molar-refractivity contribution in [2.75, 3.05) is 19.0 Å². The number of aryl methyl sites for hydroxylation is 1. The Morgan fingerprint density at radius 3 is 2.71 bits per heavy atom. The van der Waals surface area contributed by atoms with E-state index in [0.717, 1.165) is 24.1 Å². The summed E-state index contributed by atoms with van der Waals surface area (Å²) in [6.07, 6.45) is 1.68. The Kier molecular flexibility index (Phi) is 5.90. The fourth-order valence-electron chi connectivity index (χ4n) is 2.14. The minimum Gasteiger partial charge on any atom is -0.495 e. The Morgan fingerprint density at radius 2 is 2.00 bits per heavy atom. The largest absolute Gasteiger partial charge is 0.495 e. The third kappa shape index (κ3) is 4.66. The number of methoxy groups -OCH3 is 1. The van der Waals surface area contributed by atoms with Crippen LogP contribution in [0.15, 0.2) is 42.5 Å². The van der Waals surface area contributed by atoms with Crippen LogP contribution in [0.4, 0.5) is 5.69 Å². The number of hydrogen-bond acceptors (Lipinski definition) is 3. The van der Waals surface area contributed by atoms with Crippen molar-refractivity contribution >= 4 is 17.3 Å². The molecule has 3 nitrogen and oxygen atoms in total. The van der Waals surface area contributed by atoms with Crippen LogP contribution < -0.4 is 10.1 Å². The molecule has 112 valence electrons. The minimum absolute atomic E-state index is 0.224. The second-order valence-corrected chi connectivity index (χ2v) is 5.26. The lowest BCUT2D eigenvalue weighted by Gasteiger charge is -2.10. The molecule has 21 heavy (non-hydrogen) atoms. The summed E-state index contributed by atoms with van der Waals surface area (Å²) in [5.41, 5.74) is 3.39. The summed E-state index contributed by atoms with van der Waals surface area (Å²) in [6, 6.07) is 14.0. The fraction of sp³-hybridized carbons (Fsp3) is 0.294. The average Bonchev–Trinajstić information content (AvgIpc) is 2.51. The number of aliphatic hydroxyl groups excluding tert-OH is 1. The maximum absolute atomic E-state index is 8.88. The summed E-state index contributed by atoms with van der Waals surface area (Å²) >= 11 is 6.12. The molecule has 2 N–H and O–H groups in total. The molecule has 0 saturated carbocycles. The highest BCUT2D eigenvalue weighted by atomic mass is 35.5. The molecule has 0 fully saturated rings. The molecule has 0 spiro atoms. The molecule has 0 bridgehead atoms. The van der Waals surface area contributed by atoms with Crippen molar-refractivity contribution in [1.82, 2.24) is 0 Å². The van der Waals surface area contributed by atoms with E-state index in [0.29, 0.717) is 17.3 Å². The standard InChI is InChI=1S/C17H20ClNO2/c1-21-17-8-7-14(11-16(17)18)12-19-15-6-2-4-13(10-15)5-3-9-20/h2,4,6-8,10-11,19-20H,3,5,9,12H2,1H3. The summed E-state index contributed by atoms with van der Waals surface area (Å²) in [6.45, 7) is 0.926. The van der Waals surface area contributed by atoms with Crippen molar-refractivity contribution in [3.63, 3.8) is 0 Å². The van der Waals surface area contributed by atoms with Gasteiger partial charge in [-0.25, -0.2) is 0 Å². The van der Waals surface area contributed by atoms with Gasteiger partial charge >= 0.3 is 0 Å². The molecule has 2 aromatic rings. The Balaban J connectivity index is 1.97. The van der Waals surface area contributed by atoms with Crippen LogP contribution in [-0.4, -0.2) is 18.8 Å². The quantitative estimate of drug-likeness (QED) is 0.815. The van der Waals surface area contributed by atoms with Gasteiger partial charge in [0.15, 0.2) is 0 Å². The van der Waals surface area contributed by atoms with E-state index in [-0.39, 0.29) is 6.61 Å². The van der Waals surface area contributed by atoms with Gasteiger partial charge in [0.1, 0.15) is 5.75 Å².